The fraction of sp³-hybridized carbons (Fsp3) is 0.0938. The van der Waals surface area contributed by atoms with Gasteiger partial charge in [-0.05, 0) is 90.2 Å². The van der Waals surface area contributed by atoms with Crippen molar-refractivity contribution < 1.29 is 59.3 Å². The minimum Gasteiger partial charge on any atom is -0.478 e. The van der Waals surface area contributed by atoms with Crippen LogP contribution in [0, 0.1) is 22.1 Å². The third kappa shape index (κ3) is 11.0. The van der Waals surface area contributed by atoms with Gasteiger partial charge in [-0.2, -0.15) is 28.1 Å². The summed E-state index contributed by atoms with van der Waals surface area (Å²) in [4.78, 5) is 50.3. The number of benzene rings is 3. The number of amides is 3. The SMILES string of the molecule is COc1nc(C)nc(NC(=O)NS(=O)(=O)c2cc(I)ccc2C(=O)O)n1.O=C(Nc1ccc(F)cc1F)c1cccnc1Oc1cccc(C(F)(F)F)c1. The Morgan fingerprint density at radius 2 is 1.63 bits per heavy atom. The van der Waals surface area contributed by atoms with Crippen LogP contribution in [0.3, 0.4) is 0 Å². The van der Waals surface area contributed by atoms with Crippen molar-refractivity contribution in [1.29, 1.82) is 0 Å². The number of pyridine rings is 1. The maximum atomic E-state index is 13.7. The number of carboxylic acid groups (broad SMARTS) is 1. The first-order valence-corrected chi connectivity index (χ1v) is 17.1. The summed E-state index contributed by atoms with van der Waals surface area (Å²) in [5.41, 5.74) is -1.83. The highest BCUT2D eigenvalue weighted by molar-refractivity contribution is 14.1. The predicted octanol–water partition coefficient (Wildman–Crippen LogP) is 6.43. The molecule has 0 saturated carbocycles. The molecule has 5 rings (SSSR count). The molecule has 2 heterocycles. The van der Waals surface area contributed by atoms with Gasteiger partial charge in [-0.25, -0.2) is 36.5 Å². The first kappa shape index (κ1) is 40.7. The third-order valence-corrected chi connectivity index (χ3v) is 8.44. The summed E-state index contributed by atoms with van der Waals surface area (Å²) in [6.45, 7) is 1.52. The number of carbonyl (C=O) groups excluding carboxylic acids is 2. The first-order chi connectivity index (χ1) is 25.4. The summed E-state index contributed by atoms with van der Waals surface area (Å²) in [5.74, 6) is -4.54. The number of rotatable bonds is 9. The third-order valence-electron chi connectivity index (χ3n) is 6.40. The minimum absolute atomic E-state index is 0.0681. The highest BCUT2D eigenvalue weighted by Gasteiger charge is 2.31. The lowest BCUT2D eigenvalue weighted by Crippen LogP contribution is -2.35. The van der Waals surface area contributed by atoms with E-state index in [1.807, 2.05) is 22.6 Å². The number of sulfonamides is 1. The molecule has 0 aliphatic heterocycles. The number of hydrogen-bond donors (Lipinski definition) is 4. The lowest BCUT2D eigenvalue weighted by molar-refractivity contribution is -0.137. The predicted molar refractivity (Wildman–Crippen MR) is 187 cm³/mol. The van der Waals surface area contributed by atoms with E-state index < -0.39 is 61.8 Å². The molecule has 15 nitrogen and oxygen atoms in total. The number of carbonyl (C=O) groups is 3. The quantitative estimate of drug-likeness (QED) is 0.0933. The summed E-state index contributed by atoms with van der Waals surface area (Å²) in [6, 6.07) is 11.8. The fourth-order valence-electron chi connectivity index (χ4n) is 4.08. The number of nitrogens with one attached hydrogen (secondary N) is 3. The molecule has 0 fully saturated rings. The molecule has 282 valence electrons. The van der Waals surface area contributed by atoms with E-state index in [1.54, 1.807) is 4.72 Å². The van der Waals surface area contributed by atoms with Crippen LogP contribution in [0.25, 0.3) is 0 Å². The summed E-state index contributed by atoms with van der Waals surface area (Å²) >= 11 is 1.82. The highest BCUT2D eigenvalue weighted by Crippen LogP contribution is 2.33. The fourth-order valence-corrected chi connectivity index (χ4v) is 5.91. The van der Waals surface area contributed by atoms with Gasteiger partial charge in [0.25, 0.3) is 15.9 Å². The lowest BCUT2D eigenvalue weighted by Gasteiger charge is -2.12. The second kappa shape index (κ2) is 17.2. The lowest BCUT2D eigenvalue weighted by atomic mass is 10.2. The summed E-state index contributed by atoms with van der Waals surface area (Å²) in [7, 11) is -3.14. The second-order valence-corrected chi connectivity index (χ2v) is 13.2. The van der Waals surface area contributed by atoms with Crippen molar-refractivity contribution in [2.24, 2.45) is 0 Å². The van der Waals surface area contributed by atoms with Gasteiger partial charge >= 0.3 is 24.2 Å². The molecule has 0 aliphatic carbocycles. The van der Waals surface area contributed by atoms with Gasteiger partial charge in [0, 0.05) is 15.8 Å². The van der Waals surface area contributed by atoms with Gasteiger partial charge in [0.05, 0.1) is 23.9 Å². The molecule has 0 unspecified atom stereocenters. The van der Waals surface area contributed by atoms with E-state index >= 15 is 0 Å². The summed E-state index contributed by atoms with van der Waals surface area (Å²) in [5, 5.41) is 13.5. The van der Waals surface area contributed by atoms with E-state index in [1.165, 1.54) is 44.5 Å². The zero-order valence-corrected chi connectivity index (χ0v) is 30.2. The normalized spacial score (nSPS) is 11.0. The Hall–Kier alpha value is -6.04. The number of nitrogens with zero attached hydrogens (tertiary/aromatic N) is 4. The molecule has 0 spiro atoms. The molecule has 5 aromatic rings. The Morgan fingerprint density at radius 3 is 2.30 bits per heavy atom. The van der Waals surface area contributed by atoms with Crippen molar-refractivity contribution in [3.63, 3.8) is 0 Å². The number of hydrogen-bond acceptors (Lipinski definition) is 11. The van der Waals surface area contributed by atoms with E-state index in [9.17, 15) is 44.8 Å². The Balaban J connectivity index is 0.000000241. The molecule has 0 radical (unpaired) electrons. The zero-order chi connectivity index (χ0) is 39.8. The van der Waals surface area contributed by atoms with Crippen molar-refractivity contribution in [3.8, 4) is 17.6 Å². The smallest absolute Gasteiger partial charge is 0.416 e. The molecule has 0 aliphatic rings. The molecule has 0 atom stereocenters. The van der Waals surface area contributed by atoms with Crippen LogP contribution < -0.4 is 24.8 Å². The summed E-state index contributed by atoms with van der Waals surface area (Å²) < 4.78 is 102. The number of urea groups is 1. The van der Waals surface area contributed by atoms with Crippen LogP contribution in [0.5, 0.6) is 17.6 Å². The number of methoxy groups -OCH3 is 1. The van der Waals surface area contributed by atoms with Gasteiger partial charge in [-0.15, -0.1) is 0 Å². The van der Waals surface area contributed by atoms with Crippen molar-refractivity contribution in [3.05, 3.63) is 117 Å². The largest absolute Gasteiger partial charge is 0.478 e. The Morgan fingerprint density at radius 1 is 0.889 bits per heavy atom. The Bertz CT molecular complexity index is 2340. The van der Waals surface area contributed by atoms with E-state index in [0.29, 0.717) is 9.64 Å². The van der Waals surface area contributed by atoms with Crippen LogP contribution in [0.15, 0.2) is 83.9 Å². The maximum absolute atomic E-state index is 13.7. The zero-order valence-electron chi connectivity index (χ0n) is 27.3. The second-order valence-electron chi connectivity index (χ2n) is 10.3. The molecule has 4 N–H and O–H groups in total. The monoisotopic (exact) mass is 887 g/mol. The standard InChI is InChI=1S/C19H11F5N2O2.C13H12IN5O6S/c20-12-6-7-16(15(21)10-12)26-17(27)14-5-2-8-25-18(14)28-13-4-1-3-11(9-13)19(22,23)24;1-6-15-11(18-13(16-6)25-2)17-12(22)19-26(23,24)9-5-7(14)3-4-8(9)10(20)21/h1-10H,(H,26,27);3-5H,1-2H3,(H,20,21)(H2,15,16,17,18,19,22). The van der Waals surface area contributed by atoms with Gasteiger partial charge in [0.2, 0.25) is 11.8 Å². The molecule has 3 amide bonds. The van der Waals surface area contributed by atoms with E-state index in [0.717, 1.165) is 42.5 Å². The van der Waals surface area contributed by atoms with Gasteiger partial charge in [0.15, 0.2) is 0 Å². The number of anilines is 2. The number of aromatic carboxylic acids is 1. The molecule has 3 aromatic carbocycles. The molecule has 54 heavy (non-hydrogen) atoms. The van der Waals surface area contributed by atoms with E-state index in [2.05, 4.69) is 30.6 Å². The Kier molecular flexibility index (Phi) is 13.0. The van der Waals surface area contributed by atoms with Crippen LogP contribution in [-0.4, -0.2) is 58.5 Å². The summed E-state index contributed by atoms with van der Waals surface area (Å²) in [6.07, 6.45) is -3.29. The molecule has 2 aromatic heterocycles. The maximum Gasteiger partial charge on any atom is 0.416 e. The van der Waals surface area contributed by atoms with Crippen molar-refractivity contribution in [2.75, 3.05) is 17.7 Å². The van der Waals surface area contributed by atoms with Gasteiger partial charge in [-0.1, -0.05) is 6.07 Å². The molecular weight excluding hydrogens is 864 g/mol. The van der Waals surface area contributed by atoms with Gasteiger partial charge in [-0.3, -0.25) is 10.1 Å². The van der Waals surface area contributed by atoms with Gasteiger partial charge in [0.1, 0.15) is 33.7 Å². The highest BCUT2D eigenvalue weighted by atomic mass is 127. The number of aromatic nitrogens is 4. The number of alkyl halides is 3. The number of carboxylic acids is 1. The number of ether oxygens (including phenoxy) is 2. The van der Waals surface area contributed by atoms with Crippen LogP contribution in [0.2, 0.25) is 0 Å². The number of aryl methyl sites for hydroxylation is 1. The van der Waals surface area contributed by atoms with Crippen LogP contribution in [0.1, 0.15) is 32.1 Å². The average Bonchev–Trinajstić information content (AvgIpc) is 3.09. The molecule has 22 heteroatoms. The molecule has 0 saturated heterocycles. The topological polar surface area (TPSA) is 212 Å². The van der Waals surface area contributed by atoms with Crippen LogP contribution in [-0.2, 0) is 16.2 Å². The molecule has 0 bridgehead atoms. The van der Waals surface area contributed by atoms with Gasteiger partial charge < -0.3 is 19.9 Å². The average molecular weight is 888 g/mol. The molecular formula is C32H23F5IN7O8S. The van der Waals surface area contributed by atoms with Crippen molar-refractivity contribution in [2.45, 2.75) is 18.0 Å². The van der Waals surface area contributed by atoms with Crippen molar-refractivity contribution >= 4 is 62.2 Å². The van der Waals surface area contributed by atoms with Crippen LogP contribution >= 0.6 is 22.6 Å². The van der Waals surface area contributed by atoms with E-state index in [4.69, 9.17) is 14.6 Å². The van der Waals surface area contributed by atoms with E-state index in [-0.39, 0.29) is 40.7 Å². The number of halogens is 6. The minimum atomic E-state index is -4.57. The first-order valence-electron chi connectivity index (χ1n) is 14.6. The van der Waals surface area contributed by atoms with Crippen molar-refractivity contribution in [1.82, 2.24) is 24.7 Å². The Labute approximate surface area is 315 Å². The van der Waals surface area contributed by atoms with Crippen LogP contribution in [0.4, 0.5) is 38.4 Å².